The summed E-state index contributed by atoms with van der Waals surface area (Å²) in [6.45, 7) is 4.15. The molecule has 1 amide bonds. The van der Waals surface area contributed by atoms with Crippen molar-refractivity contribution in [2.24, 2.45) is 4.99 Å². The number of hydrogen-bond acceptors (Lipinski definition) is 4. The topological polar surface area (TPSA) is 53.9 Å². The number of rotatable bonds is 7. The third-order valence-corrected chi connectivity index (χ3v) is 5.48. The molecule has 0 aromatic heterocycles. The lowest BCUT2D eigenvalue weighted by molar-refractivity contribution is 0.102. The molecular formula is C24H26FN3O2. The van der Waals surface area contributed by atoms with Crippen LogP contribution >= 0.6 is 0 Å². The zero-order chi connectivity index (χ0) is 20.8. The number of piperidine rings is 1. The molecule has 0 atom stereocenters. The number of hydrogen-bond donors (Lipinski definition) is 1. The molecule has 0 radical (unpaired) electrons. The van der Waals surface area contributed by atoms with E-state index in [1.165, 1.54) is 25.5 Å². The van der Waals surface area contributed by atoms with Gasteiger partial charge in [0.25, 0.3) is 5.91 Å². The van der Waals surface area contributed by atoms with Crippen LogP contribution in [0.2, 0.25) is 0 Å². The highest BCUT2D eigenvalue weighted by molar-refractivity contribution is 6.06. The van der Waals surface area contributed by atoms with Crippen molar-refractivity contribution in [2.45, 2.75) is 19.3 Å². The number of allylic oxidation sites excluding steroid dienone is 1. The van der Waals surface area contributed by atoms with E-state index < -0.39 is 0 Å². The number of ether oxygens (including phenoxy) is 1. The van der Waals surface area contributed by atoms with Crippen molar-refractivity contribution in [3.63, 3.8) is 0 Å². The molecule has 4 rings (SSSR count). The summed E-state index contributed by atoms with van der Waals surface area (Å²) in [5.41, 5.74) is 2.23. The number of para-hydroxylation sites is 1. The fourth-order valence-electron chi connectivity index (χ4n) is 3.81. The number of anilines is 1. The molecule has 1 N–H and O–H groups in total. The van der Waals surface area contributed by atoms with E-state index in [0.717, 1.165) is 25.4 Å². The van der Waals surface area contributed by atoms with Crippen molar-refractivity contribution in [3.8, 4) is 5.75 Å². The van der Waals surface area contributed by atoms with E-state index in [4.69, 9.17) is 4.74 Å². The van der Waals surface area contributed by atoms with Crippen LogP contribution in [0.25, 0.3) is 5.57 Å². The maximum absolute atomic E-state index is 14.0. The summed E-state index contributed by atoms with van der Waals surface area (Å²) in [5, 5.41) is 2.89. The smallest absolute Gasteiger partial charge is 0.255 e. The van der Waals surface area contributed by atoms with E-state index in [0.29, 0.717) is 29.0 Å². The summed E-state index contributed by atoms with van der Waals surface area (Å²) in [6.07, 6.45) is 5.08. The number of likely N-dealkylation sites (tertiary alicyclic amines) is 1. The Bertz CT molecular complexity index is 947. The SMILES string of the molecule is O=C(Nc1ccccc1C1=C(F)C=NC1)c1ccc(OCCN2CCCCC2)cc1. The van der Waals surface area contributed by atoms with Crippen LogP contribution in [0.4, 0.5) is 10.1 Å². The Labute approximate surface area is 176 Å². The first-order chi connectivity index (χ1) is 14.7. The van der Waals surface area contributed by atoms with E-state index in [9.17, 15) is 9.18 Å². The van der Waals surface area contributed by atoms with Gasteiger partial charge >= 0.3 is 0 Å². The first kappa shape index (κ1) is 20.3. The maximum atomic E-state index is 14.0. The van der Waals surface area contributed by atoms with E-state index in [2.05, 4.69) is 15.2 Å². The van der Waals surface area contributed by atoms with Gasteiger partial charge in [0.1, 0.15) is 18.2 Å². The highest BCUT2D eigenvalue weighted by atomic mass is 19.1. The lowest BCUT2D eigenvalue weighted by Crippen LogP contribution is -2.33. The fraction of sp³-hybridized carbons (Fsp3) is 0.333. The number of carbonyl (C=O) groups excluding carboxylic acids is 1. The largest absolute Gasteiger partial charge is 0.492 e. The summed E-state index contributed by atoms with van der Waals surface area (Å²) in [7, 11) is 0. The summed E-state index contributed by atoms with van der Waals surface area (Å²) in [4.78, 5) is 19.1. The quantitative estimate of drug-likeness (QED) is 0.732. The monoisotopic (exact) mass is 407 g/mol. The minimum atomic E-state index is -0.359. The van der Waals surface area contributed by atoms with Crippen LogP contribution in [-0.4, -0.2) is 49.8 Å². The fourth-order valence-corrected chi connectivity index (χ4v) is 3.81. The molecule has 2 aromatic carbocycles. The van der Waals surface area contributed by atoms with E-state index in [1.54, 1.807) is 24.3 Å². The summed E-state index contributed by atoms with van der Waals surface area (Å²) < 4.78 is 19.8. The molecule has 6 heteroatoms. The average molecular weight is 407 g/mol. The predicted molar refractivity (Wildman–Crippen MR) is 118 cm³/mol. The van der Waals surface area contributed by atoms with Crippen molar-refractivity contribution in [1.82, 2.24) is 4.90 Å². The third kappa shape index (κ3) is 4.94. The van der Waals surface area contributed by atoms with Gasteiger partial charge in [0.2, 0.25) is 0 Å². The van der Waals surface area contributed by atoms with Crippen molar-refractivity contribution >= 4 is 23.4 Å². The second-order valence-electron chi connectivity index (χ2n) is 7.57. The molecule has 0 saturated carbocycles. The standard InChI is InChI=1S/C24H26FN3O2/c25-22-17-26-16-21(22)20-6-2-3-7-23(20)27-24(29)18-8-10-19(11-9-18)30-15-14-28-12-4-1-5-13-28/h2-3,6-11,17H,1,4-5,12-16H2,(H,27,29). The van der Waals surface area contributed by atoms with Gasteiger partial charge in [0.15, 0.2) is 0 Å². The lowest BCUT2D eigenvalue weighted by Gasteiger charge is -2.26. The summed E-state index contributed by atoms with van der Waals surface area (Å²) in [5.74, 6) is 0.143. The molecule has 0 unspecified atom stereocenters. The van der Waals surface area contributed by atoms with Gasteiger partial charge in [-0.2, -0.15) is 0 Å². The first-order valence-electron chi connectivity index (χ1n) is 10.4. The predicted octanol–water partition coefficient (Wildman–Crippen LogP) is 4.57. The summed E-state index contributed by atoms with van der Waals surface area (Å²) >= 11 is 0. The van der Waals surface area contributed by atoms with Crippen LogP contribution in [0, 0.1) is 0 Å². The third-order valence-electron chi connectivity index (χ3n) is 5.48. The van der Waals surface area contributed by atoms with Crippen LogP contribution in [0.15, 0.2) is 59.4 Å². The van der Waals surface area contributed by atoms with Gasteiger partial charge in [-0.15, -0.1) is 0 Å². The molecule has 2 aliphatic heterocycles. The molecule has 0 aliphatic carbocycles. The molecular weight excluding hydrogens is 381 g/mol. The molecule has 30 heavy (non-hydrogen) atoms. The second kappa shape index (κ2) is 9.67. The van der Waals surface area contributed by atoms with Crippen molar-refractivity contribution in [3.05, 3.63) is 65.5 Å². The molecule has 2 aromatic rings. The molecule has 0 spiro atoms. The number of nitrogens with zero attached hydrogens (tertiary/aromatic N) is 2. The first-order valence-corrected chi connectivity index (χ1v) is 10.4. The Morgan fingerprint density at radius 2 is 1.83 bits per heavy atom. The van der Waals surface area contributed by atoms with Gasteiger partial charge < -0.3 is 10.1 Å². The Hall–Kier alpha value is -2.99. The molecule has 5 nitrogen and oxygen atoms in total. The van der Waals surface area contributed by atoms with Gasteiger partial charge in [0.05, 0.1) is 12.8 Å². The van der Waals surface area contributed by atoms with Gasteiger partial charge in [-0.3, -0.25) is 14.7 Å². The number of aliphatic imine (C=N–C) groups is 1. The molecule has 0 bridgehead atoms. The number of nitrogens with one attached hydrogen (secondary N) is 1. The molecule has 1 saturated heterocycles. The van der Waals surface area contributed by atoms with Crippen LogP contribution < -0.4 is 10.1 Å². The maximum Gasteiger partial charge on any atom is 0.255 e. The molecule has 2 heterocycles. The zero-order valence-electron chi connectivity index (χ0n) is 16.9. The number of amides is 1. The highest BCUT2D eigenvalue weighted by Gasteiger charge is 2.17. The Morgan fingerprint density at radius 3 is 2.57 bits per heavy atom. The van der Waals surface area contributed by atoms with Gasteiger partial charge in [0, 0.05) is 28.9 Å². The zero-order valence-corrected chi connectivity index (χ0v) is 16.9. The Kier molecular flexibility index (Phi) is 6.54. The lowest BCUT2D eigenvalue weighted by atomic mass is 10.0. The number of carbonyl (C=O) groups is 1. The minimum Gasteiger partial charge on any atom is -0.492 e. The van der Waals surface area contributed by atoms with Crippen LogP contribution in [0.3, 0.4) is 0 Å². The van der Waals surface area contributed by atoms with Gasteiger partial charge in [-0.25, -0.2) is 4.39 Å². The molecule has 156 valence electrons. The Balaban J connectivity index is 1.35. The van der Waals surface area contributed by atoms with E-state index >= 15 is 0 Å². The molecule has 1 fully saturated rings. The highest BCUT2D eigenvalue weighted by Crippen LogP contribution is 2.29. The van der Waals surface area contributed by atoms with E-state index in [1.807, 2.05) is 24.3 Å². The van der Waals surface area contributed by atoms with Crippen LogP contribution in [0.1, 0.15) is 35.2 Å². The van der Waals surface area contributed by atoms with Crippen LogP contribution in [0.5, 0.6) is 5.75 Å². The number of benzene rings is 2. The second-order valence-corrected chi connectivity index (χ2v) is 7.57. The average Bonchev–Trinajstić information content (AvgIpc) is 3.21. The van der Waals surface area contributed by atoms with Crippen molar-refractivity contribution in [2.75, 3.05) is 38.1 Å². The summed E-state index contributed by atoms with van der Waals surface area (Å²) in [6, 6.07) is 14.3. The van der Waals surface area contributed by atoms with Crippen molar-refractivity contribution < 1.29 is 13.9 Å². The van der Waals surface area contributed by atoms with Gasteiger partial charge in [-0.05, 0) is 56.3 Å². The minimum absolute atomic E-state index is 0.248. The van der Waals surface area contributed by atoms with E-state index in [-0.39, 0.29) is 18.3 Å². The van der Waals surface area contributed by atoms with Crippen molar-refractivity contribution in [1.29, 1.82) is 0 Å². The normalized spacial score (nSPS) is 16.7. The molecule has 2 aliphatic rings. The van der Waals surface area contributed by atoms with Gasteiger partial charge in [-0.1, -0.05) is 24.6 Å². The van der Waals surface area contributed by atoms with Crippen LogP contribution in [-0.2, 0) is 0 Å². The number of halogens is 1. The Morgan fingerprint density at radius 1 is 1.07 bits per heavy atom.